The molecule has 0 fully saturated rings. The van der Waals surface area contributed by atoms with Crippen LogP contribution in [0.3, 0.4) is 0 Å². The highest BCUT2D eigenvalue weighted by atomic mass is 16.5. The number of aromatic nitrogens is 4. The minimum absolute atomic E-state index is 0.242. The van der Waals surface area contributed by atoms with Crippen LogP contribution in [0.5, 0.6) is 0 Å². The minimum atomic E-state index is -0.561. The molecule has 0 bridgehead atoms. The maximum atomic E-state index is 12.9. The van der Waals surface area contributed by atoms with E-state index in [1.54, 1.807) is 29.2 Å². The van der Waals surface area contributed by atoms with Crippen LogP contribution in [0.1, 0.15) is 21.5 Å². The molecule has 1 amide bonds. The van der Waals surface area contributed by atoms with Gasteiger partial charge in [0.15, 0.2) is 6.61 Å². The highest BCUT2D eigenvalue weighted by Crippen LogP contribution is 2.11. The molecule has 0 spiro atoms. The van der Waals surface area contributed by atoms with Crippen molar-refractivity contribution in [3.05, 3.63) is 108 Å². The average molecular weight is 441 g/mol. The van der Waals surface area contributed by atoms with Crippen LogP contribution in [0.25, 0.3) is 5.69 Å². The number of carbonyl (C=O) groups is 2. The molecule has 0 aliphatic heterocycles. The van der Waals surface area contributed by atoms with Gasteiger partial charge in [-0.05, 0) is 52.2 Å². The van der Waals surface area contributed by atoms with Crippen LogP contribution in [0.4, 0.5) is 0 Å². The number of ether oxygens (including phenoxy) is 1. The normalized spacial score (nSPS) is 10.5. The Bertz CT molecular complexity index is 1160. The minimum Gasteiger partial charge on any atom is -0.452 e. The Morgan fingerprint density at radius 3 is 2.15 bits per heavy atom. The number of esters is 1. The molecule has 1 aromatic heterocycles. The van der Waals surface area contributed by atoms with E-state index in [1.165, 1.54) is 11.0 Å². The Balaban J connectivity index is 1.37. The number of rotatable bonds is 9. The number of carbonyl (C=O) groups excluding carboxylic acids is 2. The maximum Gasteiger partial charge on any atom is 0.338 e. The van der Waals surface area contributed by atoms with Gasteiger partial charge in [0.2, 0.25) is 0 Å². The van der Waals surface area contributed by atoms with Crippen LogP contribution in [-0.2, 0) is 22.5 Å². The highest BCUT2D eigenvalue weighted by Gasteiger charge is 2.17. The zero-order valence-electron chi connectivity index (χ0n) is 17.9. The van der Waals surface area contributed by atoms with Crippen LogP contribution in [0.2, 0.25) is 0 Å². The fourth-order valence-corrected chi connectivity index (χ4v) is 3.34. The fourth-order valence-electron chi connectivity index (χ4n) is 3.34. The monoisotopic (exact) mass is 441 g/mol. The zero-order valence-corrected chi connectivity index (χ0v) is 17.9. The molecule has 0 atom stereocenters. The molecule has 33 heavy (non-hydrogen) atoms. The van der Waals surface area contributed by atoms with E-state index in [-0.39, 0.29) is 12.5 Å². The summed E-state index contributed by atoms with van der Waals surface area (Å²) in [7, 11) is 0. The standard InChI is InChI=1S/C25H23N5O3/c31-24(18-33-25(32)22-11-13-23(14-12-22)30-19-26-27-28-30)29(17-21-9-5-2-6-10-21)16-15-20-7-3-1-4-8-20/h1-14,19H,15-18H2. The number of nitrogens with zero attached hydrogens (tertiary/aromatic N) is 5. The van der Waals surface area contributed by atoms with Crippen LogP contribution in [-0.4, -0.2) is 50.1 Å². The van der Waals surface area contributed by atoms with Crippen molar-refractivity contribution in [3.63, 3.8) is 0 Å². The largest absolute Gasteiger partial charge is 0.452 e. The van der Waals surface area contributed by atoms with Gasteiger partial charge in [0.25, 0.3) is 5.91 Å². The van der Waals surface area contributed by atoms with E-state index in [4.69, 9.17) is 4.74 Å². The van der Waals surface area contributed by atoms with E-state index in [2.05, 4.69) is 15.5 Å². The lowest BCUT2D eigenvalue weighted by atomic mass is 10.1. The van der Waals surface area contributed by atoms with Gasteiger partial charge in [-0.3, -0.25) is 4.79 Å². The summed E-state index contributed by atoms with van der Waals surface area (Å²) in [6.07, 6.45) is 2.18. The van der Waals surface area contributed by atoms with Crippen molar-refractivity contribution in [1.82, 2.24) is 25.1 Å². The molecule has 0 unspecified atom stereocenters. The van der Waals surface area contributed by atoms with E-state index in [1.807, 2.05) is 60.7 Å². The highest BCUT2D eigenvalue weighted by molar-refractivity contribution is 5.91. The summed E-state index contributed by atoms with van der Waals surface area (Å²) in [4.78, 5) is 27.1. The predicted octanol–water partition coefficient (Wildman–Crippen LogP) is 3.09. The van der Waals surface area contributed by atoms with Gasteiger partial charge in [-0.1, -0.05) is 60.7 Å². The first-order chi connectivity index (χ1) is 16.2. The van der Waals surface area contributed by atoms with Crippen LogP contribution in [0, 0.1) is 0 Å². The van der Waals surface area contributed by atoms with E-state index < -0.39 is 5.97 Å². The number of hydrogen-bond donors (Lipinski definition) is 0. The molecule has 0 aliphatic rings. The van der Waals surface area contributed by atoms with E-state index in [0.29, 0.717) is 30.8 Å². The van der Waals surface area contributed by atoms with Crippen molar-refractivity contribution in [2.45, 2.75) is 13.0 Å². The lowest BCUT2D eigenvalue weighted by Crippen LogP contribution is -2.35. The third-order valence-electron chi connectivity index (χ3n) is 5.13. The number of tetrazole rings is 1. The van der Waals surface area contributed by atoms with E-state index >= 15 is 0 Å². The second-order valence-electron chi connectivity index (χ2n) is 7.41. The van der Waals surface area contributed by atoms with Crippen LogP contribution in [0.15, 0.2) is 91.3 Å². The lowest BCUT2D eigenvalue weighted by molar-refractivity contribution is -0.135. The molecular weight excluding hydrogens is 418 g/mol. The van der Waals surface area contributed by atoms with Gasteiger partial charge in [-0.25, -0.2) is 9.48 Å². The van der Waals surface area contributed by atoms with Crippen LogP contribution >= 0.6 is 0 Å². The molecule has 0 saturated heterocycles. The molecule has 4 aromatic rings. The van der Waals surface area contributed by atoms with E-state index in [0.717, 1.165) is 11.1 Å². The Morgan fingerprint density at radius 1 is 0.848 bits per heavy atom. The second kappa shape index (κ2) is 10.8. The van der Waals surface area contributed by atoms with Crippen molar-refractivity contribution in [2.24, 2.45) is 0 Å². The Morgan fingerprint density at radius 2 is 1.52 bits per heavy atom. The first kappa shape index (κ1) is 21.9. The predicted molar refractivity (Wildman–Crippen MR) is 121 cm³/mol. The average Bonchev–Trinajstić information content (AvgIpc) is 3.41. The molecule has 0 saturated carbocycles. The van der Waals surface area contributed by atoms with E-state index in [9.17, 15) is 9.59 Å². The molecule has 1 heterocycles. The van der Waals surface area contributed by atoms with Gasteiger partial charge in [0, 0.05) is 13.1 Å². The maximum absolute atomic E-state index is 12.9. The lowest BCUT2D eigenvalue weighted by Gasteiger charge is -2.23. The summed E-state index contributed by atoms with van der Waals surface area (Å²) in [5.74, 6) is -0.803. The molecule has 0 radical (unpaired) electrons. The quantitative estimate of drug-likeness (QED) is 0.371. The summed E-state index contributed by atoms with van der Waals surface area (Å²) in [5.41, 5.74) is 3.22. The third kappa shape index (κ3) is 6.10. The molecule has 8 nitrogen and oxygen atoms in total. The topological polar surface area (TPSA) is 90.2 Å². The molecule has 8 heteroatoms. The molecule has 4 rings (SSSR count). The Kier molecular flexibility index (Phi) is 7.17. The van der Waals surface area contributed by atoms with Gasteiger partial charge in [-0.2, -0.15) is 0 Å². The van der Waals surface area contributed by atoms with Gasteiger partial charge in [0.05, 0.1) is 11.3 Å². The first-order valence-corrected chi connectivity index (χ1v) is 10.6. The Labute approximate surface area is 191 Å². The van der Waals surface area contributed by atoms with Crippen molar-refractivity contribution in [3.8, 4) is 5.69 Å². The van der Waals surface area contributed by atoms with Crippen molar-refractivity contribution >= 4 is 11.9 Å². The van der Waals surface area contributed by atoms with Gasteiger partial charge < -0.3 is 9.64 Å². The summed E-state index contributed by atoms with van der Waals surface area (Å²) in [6, 6.07) is 26.4. The summed E-state index contributed by atoms with van der Waals surface area (Å²) >= 11 is 0. The third-order valence-corrected chi connectivity index (χ3v) is 5.13. The fraction of sp³-hybridized carbons (Fsp3) is 0.160. The van der Waals surface area contributed by atoms with Gasteiger partial charge in [-0.15, -0.1) is 5.10 Å². The number of benzene rings is 3. The molecule has 0 N–H and O–H groups in total. The summed E-state index contributed by atoms with van der Waals surface area (Å²) < 4.78 is 6.79. The SMILES string of the molecule is O=C(OCC(=O)N(CCc1ccccc1)Cc1ccccc1)c1ccc(-n2cnnn2)cc1. The van der Waals surface area contributed by atoms with Gasteiger partial charge in [0.1, 0.15) is 6.33 Å². The van der Waals surface area contributed by atoms with Gasteiger partial charge >= 0.3 is 5.97 Å². The van der Waals surface area contributed by atoms with Crippen molar-refractivity contribution in [1.29, 1.82) is 0 Å². The number of hydrogen-bond acceptors (Lipinski definition) is 6. The smallest absolute Gasteiger partial charge is 0.338 e. The molecular formula is C25H23N5O3. The zero-order chi connectivity index (χ0) is 22.9. The van der Waals surface area contributed by atoms with Crippen LogP contribution < -0.4 is 0 Å². The summed E-state index contributed by atoms with van der Waals surface area (Å²) in [6.45, 7) is 0.649. The summed E-state index contributed by atoms with van der Waals surface area (Å²) in [5, 5.41) is 11.0. The number of amides is 1. The molecule has 166 valence electrons. The Hall–Kier alpha value is -4.33. The molecule has 0 aliphatic carbocycles. The second-order valence-corrected chi connectivity index (χ2v) is 7.41. The molecule has 3 aromatic carbocycles. The van der Waals surface area contributed by atoms with Crippen molar-refractivity contribution in [2.75, 3.05) is 13.2 Å². The first-order valence-electron chi connectivity index (χ1n) is 10.6. The van der Waals surface area contributed by atoms with Crippen molar-refractivity contribution < 1.29 is 14.3 Å².